The number of hydrogen-bond acceptors (Lipinski definition) is 3. The van der Waals surface area contributed by atoms with E-state index in [1.807, 2.05) is 13.8 Å². The van der Waals surface area contributed by atoms with E-state index in [1.165, 1.54) is 6.07 Å². The van der Waals surface area contributed by atoms with Crippen molar-refractivity contribution < 1.29 is 22.7 Å². The van der Waals surface area contributed by atoms with Gasteiger partial charge in [0.25, 0.3) is 16.2 Å². The van der Waals surface area contributed by atoms with E-state index in [0.29, 0.717) is 18.4 Å². The first kappa shape index (κ1) is 14.2. The molecule has 0 unspecified atom stereocenters. The molecule has 0 aliphatic carbocycles. The third kappa shape index (κ3) is 4.91. The average molecular weight is 260 g/mol. The molecule has 0 spiro atoms. The highest BCUT2D eigenvalue weighted by atomic mass is 28.2. The van der Waals surface area contributed by atoms with Gasteiger partial charge in [-0.15, -0.1) is 0 Å². The third-order valence-electron chi connectivity index (χ3n) is 1.80. The van der Waals surface area contributed by atoms with Gasteiger partial charge in [0.2, 0.25) is 0 Å². The number of benzene rings is 1. The molecule has 0 bridgehead atoms. The van der Waals surface area contributed by atoms with E-state index >= 15 is 0 Å². The molecule has 1 aromatic carbocycles. The molecule has 0 aromatic heterocycles. The summed E-state index contributed by atoms with van der Waals surface area (Å²) in [6, 6.07) is 3.63. The molecule has 17 heavy (non-hydrogen) atoms. The van der Waals surface area contributed by atoms with Crippen LogP contribution in [0.5, 0.6) is 0 Å². The van der Waals surface area contributed by atoms with Crippen LogP contribution < -0.4 is 5.19 Å². The number of halogens is 2. The fourth-order valence-electron chi connectivity index (χ4n) is 1.06. The van der Waals surface area contributed by atoms with Gasteiger partial charge in [0.1, 0.15) is 0 Å². The fourth-order valence-corrected chi connectivity index (χ4v) is 1.77. The van der Waals surface area contributed by atoms with Crippen LogP contribution in [0.25, 0.3) is 0 Å². The smallest absolute Gasteiger partial charge is 0.275 e. The summed E-state index contributed by atoms with van der Waals surface area (Å²) in [5, 5.41) is 0.549. The van der Waals surface area contributed by atoms with Gasteiger partial charge in [-0.2, -0.15) is 0 Å². The maximum Gasteiger partial charge on any atom is 0.275 e. The van der Waals surface area contributed by atoms with Crippen LogP contribution in [0, 0.1) is 11.6 Å². The molecule has 0 amide bonds. The first-order valence-corrected chi connectivity index (χ1v) is 6.18. The van der Waals surface area contributed by atoms with Crippen LogP contribution in [0.15, 0.2) is 18.2 Å². The summed E-state index contributed by atoms with van der Waals surface area (Å²) in [6.45, 7) is 3.77. The first-order chi connectivity index (χ1) is 8.17. The minimum Gasteiger partial charge on any atom is -0.366 e. The van der Waals surface area contributed by atoms with Crippen molar-refractivity contribution in [2.45, 2.75) is 20.3 Å². The minimum atomic E-state index is -0.886. The Labute approximate surface area is 102 Å². The molecule has 94 valence electrons. The second-order valence-electron chi connectivity index (χ2n) is 3.05. The van der Waals surface area contributed by atoms with E-state index in [2.05, 4.69) is 0 Å². The van der Waals surface area contributed by atoms with Crippen LogP contribution in [0.4, 0.5) is 8.78 Å². The van der Waals surface area contributed by atoms with Gasteiger partial charge in [-0.1, -0.05) is 6.07 Å². The van der Waals surface area contributed by atoms with Gasteiger partial charge < -0.3 is 13.9 Å². The van der Waals surface area contributed by atoms with Gasteiger partial charge in [0, 0.05) is 13.2 Å². The molecule has 3 nitrogen and oxygen atoms in total. The Kier molecular flexibility index (Phi) is 6.28. The fraction of sp³-hybridized carbons (Fsp3) is 0.455. The van der Waals surface area contributed by atoms with Crippen molar-refractivity contribution in [2.75, 3.05) is 13.2 Å². The first-order valence-electron chi connectivity index (χ1n) is 5.27. The SMILES string of the molecule is CCOC(OCC)O[Si]c1ccc(F)c(F)c1. The monoisotopic (exact) mass is 260 g/mol. The Morgan fingerprint density at radius 3 is 2.29 bits per heavy atom. The Hall–Kier alpha value is -0.823. The minimum absolute atomic E-state index is 0.159. The lowest BCUT2D eigenvalue weighted by molar-refractivity contribution is -0.242. The lowest BCUT2D eigenvalue weighted by Crippen LogP contribution is -2.28. The standard InChI is InChI=1S/C11H14F2O3Si/c1-3-14-11(15-4-2)16-17-8-5-6-9(12)10(13)7-8/h5-7,11H,3-4H2,1-2H3. The van der Waals surface area contributed by atoms with Crippen LogP contribution >= 0.6 is 0 Å². The molecule has 0 N–H and O–H groups in total. The maximum absolute atomic E-state index is 12.9. The number of ether oxygens (including phenoxy) is 2. The highest BCUT2D eigenvalue weighted by Gasteiger charge is 2.10. The second-order valence-corrected chi connectivity index (χ2v) is 4.07. The van der Waals surface area contributed by atoms with Gasteiger partial charge in [0.15, 0.2) is 11.6 Å². The van der Waals surface area contributed by atoms with Gasteiger partial charge in [0.05, 0.1) is 0 Å². The number of hydrogen-bond donors (Lipinski definition) is 0. The molecule has 0 heterocycles. The number of rotatable bonds is 7. The van der Waals surface area contributed by atoms with Crippen molar-refractivity contribution in [1.29, 1.82) is 0 Å². The molecule has 0 fully saturated rings. The lowest BCUT2D eigenvalue weighted by Gasteiger charge is -2.16. The molecule has 0 aliphatic rings. The van der Waals surface area contributed by atoms with Crippen LogP contribution in [0.1, 0.15) is 13.8 Å². The summed E-state index contributed by atoms with van der Waals surface area (Å²) in [7, 11) is -0.159. The summed E-state index contributed by atoms with van der Waals surface area (Å²) in [4.78, 5) is 0. The van der Waals surface area contributed by atoms with Crippen molar-refractivity contribution in [2.24, 2.45) is 0 Å². The van der Waals surface area contributed by atoms with Gasteiger partial charge in [-0.25, -0.2) is 8.78 Å². The topological polar surface area (TPSA) is 27.7 Å². The largest absolute Gasteiger partial charge is 0.366 e. The van der Waals surface area contributed by atoms with E-state index in [-0.39, 0.29) is 9.76 Å². The summed E-state index contributed by atoms with van der Waals surface area (Å²) in [6.07, 6.45) is 0. The molecule has 1 aromatic rings. The molecule has 0 saturated carbocycles. The maximum atomic E-state index is 12.9. The van der Waals surface area contributed by atoms with Crippen LogP contribution in [-0.4, -0.2) is 29.5 Å². The second kappa shape index (κ2) is 7.49. The molecular formula is C11H14F2O3Si. The summed E-state index contributed by atoms with van der Waals surface area (Å²) in [5.74, 6) is -1.76. The Morgan fingerprint density at radius 2 is 1.76 bits per heavy atom. The predicted molar refractivity (Wildman–Crippen MR) is 59.9 cm³/mol. The Bertz CT molecular complexity index is 343. The van der Waals surface area contributed by atoms with E-state index in [0.717, 1.165) is 12.1 Å². The van der Waals surface area contributed by atoms with Crippen LogP contribution in [-0.2, 0) is 13.9 Å². The molecule has 6 heteroatoms. The van der Waals surface area contributed by atoms with Gasteiger partial charge >= 0.3 is 0 Å². The molecule has 1 rings (SSSR count). The van der Waals surface area contributed by atoms with Gasteiger partial charge in [-0.3, -0.25) is 0 Å². The quantitative estimate of drug-likeness (QED) is 0.550. The molecule has 0 atom stereocenters. The molecule has 2 radical (unpaired) electrons. The van der Waals surface area contributed by atoms with Crippen LogP contribution in [0.3, 0.4) is 0 Å². The predicted octanol–water partition coefficient (Wildman–Crippen LogP) is 1.58. The zero-order valence-corrected chi connectivity index (χ0v) is 10.7. The highest BCUT2D eigenvalue weighted by molar-refractivity contribution is 6.46. The van der Waals surface area contributed by atoms with Crippen molar-refractivity contribution in [1.82, 2.24) is 0 Å². The summed E-state index contributed by atoms with van der Waals surface area (Å²) < 4.78 is 41.2. The van der Waals surface area contributed by atoms with E-state index < -0.39 is 18.1 Å². The van der Waals surface area contributed by atoms with E-state index in [9.17, 15) is 8.78 Å². The Balaban J connectivity index is 2.49. The van der Waals surface area contributed by atoms with Crippen molar-refractivity contribution in [3.63, 3.8) is 0 Å². The zero-order chi connectivity index (χ0) is 12.7. The molecule has 0 aliphatic heterocycles. The Morgan fingerprint density at radius 1 is 1.12 bits per heavy atom. The lowest BCUT2D eigenvalue weighted by atomic mass is 10.3. The third-order valence-corrected chi connectivity index (χ3v) is 2.66. The zero-order valence-electron chi connectivity index (χ0n) is 9.70. The van der Waals surface area contributed by atoms with E-state index in [1.54, 1.807) is 0 Å². The van der Waals surface area contributed by atoms with Crippen molar-refractivity contribution in [3.8, 4) is 0 Å². The molecule has 0 saturated heterocycles. The normalized spacial score (nSPS) is 11.1. The summed E-state index contributed by atoms with van der Waals surface area (Å²) in [5.41, 5.74) is 0. The van der Waals surface area contributed by atoms with Crippen LogP contribution in [0.2, 0.25) is 0 Å². The average Bonchev–Trinajstić information content (AvgIpc) is 2.31. The van der Waals surface area contributed by atoms with Crippen molar-refractivity contribution >= 4 is 14.9 Å². The highest BCUT2D eigenvalue weighted by Crippen LogP contribution is 2.02. The molecular weight excluding hydrogens is 246 g/mol. The van der Waals surface area contributed by atoms with E-state index in [4.69, 9.17) is 13.9 Å². The van der Waals surface area contributed by atoms with Crippen molar-refractivity contribution in [3.05, 3.63) is 29.8 Å². The van der Waals surface area contributed by atoms with Gasteiger partial charge in [-0.05, 0) is 31.2 Å². The summed E-state index contributed by atoms with van der Waals surface area (Å²) >= 11 is 0.